The van der Waals surface area contributed by atoms with E-state index in [-0.39, 0.29) is 0 Å². The van der Waals surface area contributed by atoms with Crippen LogP contribution < -0.4 is 0 Å². The highest BCUT2D eigenvalue weighted by Gasteiger charge is 2.01. The Morgan fingerprint density at radius 3 is 2.00 bits per heavy atom. The second kappa shape index (κ2) is 8.28. The molecule has 0 aliphatic rings. The first-order valence-corrected chi connectivity index (χ1v) is 6.21. The Labute approximate surface area is 90.9 Å². The molecule has 0 saturated carbocycles. The standard InChI is InChI=1S/C13H29N/c1-12(2)9-7-6-8-10-14(5)11-13(3)4/h12-13H,6-11H2,1-5H3. The fourth-order valence-electron chi connectivity index (χ4n) is 1.83. The lowest BCUT2D eigenvalue weighted by Gasteiger charge is -2.18. The van der Waals surface area contributed by atoms with Crippen LogP contribution in [0.25, 0.3) is 0 Å². The van der Waals surface area contributed by atoms with Gasteiger partial charge in [0.25, 0.3) is 0 Å². The van der Waals surface area contributed by atoms with E-state index in [1.807, 2.05) is 0 Å². The van der Waals surface area contributed by atoms with E-state index in [0.29, 0.717) is 0 Å². The molecule has 14 heavy (non-hydrogen) atoms. The number of hydrogen-bond acceptors (Lipinski definition) is 1. The van der Waals surface area contributed by atoms with E-state index in [9.17, 15) is 0 Å². The maximum atomic E-state index is 2.46. The van der Waals surface area contributed by atoms with Crippen molar-refractivity contribution in [1.82, 2.24) is 4.90 Å². The van der Waals surface area contributed by atoms with Gasteiger partial charge in [-0.15, -0.1) is 0 Å². The third-order valence-electron chi connectivity index (χ3n) is 2.50. The van der Waals surface area contributed by atoms with Gasteiger partial charge in [-0.1, -0.05) is 47.0 Å². The average molecular weight is 199 g/mol. The van der Waals surface area contributed by atoms with Gasteiger partial charge in [-0.3, -0.25) is 0 Å². The van der Waals surface area contributed by atoms with Crippen LogP contribution >= 0.6 is 0 Å². The Morgan fingerprint density at radius 1 is 0.857 bits per heavy atom. The first-order valence-electron chi connectivity index (χ1n) is 6.21. The monoisotopic (exact) mass is 199 g/mol. The van der Waals surface area contributed by atoms with Gasteiger partial charge in [0.1, 0.15) is 0 Å². The summed E-state index contributed by atoms with van der Waals surface area (Å²) in [6, 6.07) is 0. The van der Waals surface area contributed by atoms with Crippen molar-refractivity contribution in [2.24, 2.45) is 11.8 Å². The van der Waals surface area contributed by atoms with Crippen molar-refractivity contribution < 1.29 is 0 Å². The van der Waals surface area contributed by atoms with Crippen molar-refractivity contribution in [3.8, 4) is 0 Å². The molecule has 0 N–H and O–H groups in total. The largest absolute Gasteiger partial charge is 0.306 e. The van der Waals surface area contributed by atoms with Crippen LogP contribution in [0.15, 0.2) is 0 Å². The summed E-state index contributed by atoms with van der Waals surface area (Å²) in [7, 11) is 2.24. The first-order chi connectivity index (χ1) is 6.52. The van der Waals surface area contributed by atoms with Crippen molar-refractivity contribution in [1.29, 1.82) is 0 Å². The summed E-state index contributed by atoms with van der Waals surface area (Å²) >= 11 is 0. The van der Waals surface area contributed by atoms with E-state index in [4.69, 9.17) is 0 Å². The minimum atomic E-state index is 0.802. The van der Waals surface area contributed by atoms with E-state index >= 15 is 0 Å². The maximum absolute atomic E-state index is 2.46. The lowest BCUT2D eigenvalue weighted by molar-refractivity contribution is 0.287. The highest BCUT2D eigenvalue weighted by molar-refractivity contribution is 4.55. The molecule has 0 amide bonds. The van der Waals surface area contributed by atoms with Crippen LogP contribution in [-0.4, -0.2) is 25.0 Å². The van der Waals surface area contributed by atoms with E-state index < -0.39 is 0 Å². The maximum Gasteiger partial charge on any atom is 0.000133 e. The van der Waals surface area contributed by atoms with Gasteiger partial charge in [-0.2, -0.15) is 0 Å². The van der Waals surface area contributed by atoms with E-state index in [2.05, 4.69) is 39.6 Å². The van der Waals surface area contributed by atoms with Gasteiger partial charge < -0.3 is 4.90 Å². The van der Waals surface area contributed by atoms with Gasteiger partial charge in [0.15, 0.2) is 0 Å². The molecular weight excluding hydrogens is 170 g/mol. The zero-order chi connectivity index (χ0) is 11.0. The van der Waals surface area contributed by atoms with E-state index in [0.717, 1.165) is 11.8 Å². The van der Waals surface area contributed by atoms with Crippen LogP contribution in [-0.2, 0) is 0 Å². The lowest BCUT2D eigenvalue weighted by Crippen LogP contribution is -2.24. The lowest BCUT2D eigenvalue weighted by atomic mass is 10.1. The summed E-state index contributed by atoms with van der Waals surface area (Å²) in [5, 5.41) is 0. The molecule has 1 nitrogen and oxygen atoms in total. The fraction of sp³-hybridized carbons (Fsp3) is 1.00. The molecule has 0 aromatic heterocycles. The quantitative estimate of drug-likeness (QED) is 0.538. The van der Waals surface area contributed by atoms with Crippen LogP contribution in [0, 0.1) is 11.8 Å². The summed E-state index contributed by atoms with van der Waals surface area (Å²) in [6.07, 6.45) is 5.58. The predicted molar refractivity (Wildman–Crippen MR) is 65.6 cm³/mol. The molecule has 0 aliphatic heterocycles. The summed E-state index contributed by atoms with van der Waals surface area (Å²) in [6.45, 7) is 11.7. The predicted octanol–water partition coefficient (Wildman–Crippen LogP) is 3.79. The Morgan fingerprint density at radius 2 is 1.50 bits per heavy atom. The van der Waals surface area contributed by atoms with Gasteiger partial charge in [0, 0.05) is 6.54 Å². The fourth-order valence-corrected chi connectivity index (χ4v) is 1.83. The van der Waals surface area contributed by atoms with E-state index in [1.54, 1.807) is 0 Å². The summed E-state index contributed by atoms with van der Waals surface area (Å²) in [5.74, 6) is 1.68. The van der Waals surface area contributed by atoms with Gasteiger partial charge >= 0.3 is 0 Å². The molecular formula is C13H29N. The summed E-state index contributed by atoms with van der Waals surface area (Å²) in [5.41, 5.74) is 0. The van der Waals surface area contributed by atoms with Gasteiger partial charge in [-0.05, 0) is 31.8 Å². The van der Waals surface area contributed by atoms with Gasteiger partial charge in [0.05, 0.1) is 0 Å². The highest BCUT2D eigenvalue weighted by Crippen LogP contribution is 2.08. The molecule has 0 aromatic rings. The van der Waals surface area contributed by atoms with Crippen LogP contribution in [0.1, 0.15) is 53.4 Å². The van der Waals surface area contributed by atoms with Gasteiger partial charge in [0.2, 0.25) is 0 Å². The third-order valence-corrected chi connectivity index (χ3v) is 2.50. The third kappa shape index (κ3) is 10.0. The Balaban J connectivity index is 3.19. The summed E-state index contributed by atoms with van der Waals surface area (Å²) < 4.78 is 0. The second-order valence-corrected chi connectivity index (χ2v) is 5.40. The molecule has 0 fully saturated rings. The molecule has 0 spiro atoms. The van der Waals surface area contributed by atoms with Crippen molar-refractivity contribution in [2.75, 3.05) is 20.1 Å². The van der Waals surface area contributed by atoms with Crippen molar-refractivity contribution in [3.63, 3.8) is 0 Å². The second-order valence-electron chi connectivity index (χ2n) is 5.40. The molecule has 0 heterocycles. The number of unbranched alkanes of at least 4 members (excludes halogenated alkanes) is 2. The van der Waals surface area contributed by atoms with Crippen LogP contribution in [0.2, 0.25) is 0 Å². The zero-order valence-corrected chi connectivity index (χ0v) is 10.8. The molecule has 0 aromatic carbocycles. The normalized spacial score (nSPS) is 12.0. The molecule has 1 heteroatoms. The number of hydrogen-bond donors (Lipinski definition) is 0. The zero-order valence-electron chi connectivity index (χ0n) is 10.8. The number of rotatable bonds is 8. The summed E-state index contributed by atoms with van der Waals surface area (Å²) in [4.78, 5) is 2.46. The van der Waals surface area contributed by atoms with Crippen molar-refractivity contribution >= 4 is 0 Å². The smallest absolute Gasteiger partial charge is 0.000133 e. The topological polar surface area (TPSA) is 3.24 Å². The SMILES string of the molecule is CC(C)CCCCCN(C)CC(C)C. The van der Waals surface area contributed by atoms with Crippen LogP contribution in [0.4, 0.5) is 0 Å². The first kappa shape index (κ1) is 14.0. The minimum Gasteiger partial charge on any atom is -0.306 e. The Kier molecular flexibility index (Phi) is 8.26. The molecule has 0 rings (SSSR count). The number of nitrogens with zero attached hydrogens (tertiary/aromatic N) is 1. The Hall–Kier alpha value is -0.0400. The Bertz CT molecular complexity index is 118. The molecule has 0 aliphatic carbocycles. The highest BCUT2D eigenvalue weighted by atomic mass is 15.1. The molecule has 0 radical (unpaired) electrons. The average Bonchev–Trinajstić information content (AvgIpc) is 2.01. The molecule has 0 saturated heterocycles. The van der Waals surface area contributed by atoms with E-state index in [1.165, 1.54) is 38.8 Å². The molecule has 0 unspecified atom stereocenters. The van der Waals surface area contributed by atoms with Crippen LogP contribution in [0.3, 0.4) is 0 Å². The van der Waals surface area contributed by atoms with Crippen LogP contribution in [0.5, 0.6) is 0 Å². The van der Waals surface area contributed by atoms with Crippen molar-refractivity contribution in [3.05, 3.63) is 0 Å². The van der Waals surface area contributed by atoms with Gasteiger partial charge in [-0.25, -0.2) is 0 Å². The molecule has 0 bridgehead atoms. The molecule has 0 atom stereocenters. The molecule has 86 valence electrons. The van der Waals surface area contributed by atoms with Crippen molar-refractivity contribution in [2.45, 2.75) is 53.4 Å². The minimum absolute atomic E-state index is 0.802.